The molecule has 2 rings (SSSR count). The van der Waals surface area contributed by atoms with Crippen molar-refractivity contribution >= 4 is 0 Å². The lowest BCUT2D eigenvalue weighted by Crippen LogP contribution is -2.29. The van der Waals surface area contributed by atoms with Crippen LogP contribution in [0.5, 0.6) is 0 Å². The first-order valence-electron chi connectivity index (χ1n) is 8.11. The molecule has 1 nitrogen and oxygen atoms in total. The van der Waals surface area contributed by atoms with Crippen molar-refractivity contribution in [3.05, 3.63) is 23.3 Å². The van der Waals surface area contributed by atoms with Gasteiger partial charge in [0.2, 0.25) is 0 Å². The van der Waals surface area contributed by atoms with Gasteiger partial charge in [0.05, 0.1) is 6.10 Å². The minimum Gasteiger partial charge on any atom is -0.393 e. The predicted octanol–water partition coefficient (Wildman–Crippen LogP) is 5.01. The van der Waals surface area contributed by atoms with E-state index in [1.165, 1.54) is 37.7 Å². The van der Waals surface area contributed by atoms with Crippen LogP contribution in [0.1, 0.15) is 72.1 Å². The minimum atomic E-state index is -0.0944. The number of aliphatic hydroxyl groups excluding tert-OH is 1. The van der Waals surface area contributed by atoms with Crippen molar-refractivity contribution in [3.8, 4) is 0 Å². The molecule has 0 aromatic heterocycles. The van der Waals surface area contributed by atoms with Crippen LogP contribution < -0.4 is 0 Å². The predicted molar refractivity (Wildman–Crippen MR) is 82.1 cm³/mol. The number of rotatable bonds is 2. The average molecular weight is 262 g/mol. The van der Waals surface area contributed by atoms with Gasteiger partial charge in [0, 0.05) is 0 Å². The minimum absolute atomic E-state index is 0.0944. The van der Waals surface area contributed by atoms with E-state index in [0.29, 0.717) is 11.3 Å². The molecule has 1 heteroatoms. The quantitative estimate of drug-likeness (QED) is 0.741. The average Bonchev–Trinajstić information content (AvgIpc) is 2.41. The summed E-state index contributed by atoms with van der Waals surface area (Å²) in [5.41, 5.74) is 3.57. The van der Waals surface area contributed by atoms with E-state index in [2.05, 4.69) is 32.9 Å². The summed E-state index contributed by atoms with van der Waals surface area (Å²) in [6.45, 7) is 7.18. The summed E-state index contributed by atoms with van der Waals surface area (Å²) in [5, 5.41) is 9.73. The fourth-order valence-corrected chi connectivity index (χ4v) is 3.74. The molecular formula is C18H30O. The second kappa shape index (κ2) is 6.26. The van der Waals surface area contributed by atoms with Crippen molar-refractivity contribution in [3.63, 3.8) is 0 Å². The van der Waals surface area contributed by atoms with Gasteiger partial charge in [0.25, 0.3) is 0 Å². The third kappa shape index (κ3) is 3.51. The van der Waals surface area contributed by atoms with E-state index >= 15 is 0 Å². The van der Waals surface area contributed by atoms with Crippen molar-refractivity contribution in [1.29, 1.82) is 0 Å². The van der Waals surface area contributed by atoms with Crippen LogP contribution in [-0.2, 0) is 0 Å². The highest BCUT2D eigenvalue weighted by Crippen LogP contribution is 2.46. The summed E-state index contributed by atoms with van der Waals surface area (Å²) in [7, 11) is 0. The van der Waals surface area contributed by atoms with Crippen molar-refractivity contribution in [2.24, 2.45) is 11.3 Å². The van der Waals surface area contributed by atoms with E-state index in [1.54, 1.807) is 5.57 Å². The van der Waals surface area contributed by atoms with Crippen LogP contribution in [0, 0.1) is 11.3 Å². The highest BCUT2D eigenvalue weighted by Gasteiger charge is 2.34. The fourth-order valence-electron chi connectivity index (χ4n) is 3.74. The Balaban J connectivity index is 2.07. The molecule has 1 N–H and O–H groups in total. The molecule has 2 unspecified atom stereocenters. The summed E-state index contributed by atoms with van der Waals surface area (Å²) >= 11 is 0. The van der Waals surface area contributed by atoms with E-state index in [1.807, 2.05) is 0 Å². The maximum Gasteiger partial charge on any atom is 0.0577 e. The van der Waals surface area contributed by atoms with Crippen molar-refractivity contribution in [1.82, 2.24) is 0 Å². The van der Waals surface area contributed by atoms with Gasteiger partial charge in [0.1, 0.15) is 0 Å². The smallest absolute Gasteiger partial charge is 0.0577 e. The first kappa shape index (κ1) is 14.8. The molecular weight excluding hydrogens is 232 g/mol. The Morgan fingerprint density at radius 2 is 2.05 bits per heavy atom. The molecule has 0 heterocycles. The normalized spacial score (nSPS) is 40.8. The van der Waals surface area contributed by atoms with Crippen LogP contribution in [0.4, 0.5) is 0 Å². The summed E-state index contributed by atoms with van der Waals surface area (Å²) in [6, 6.07) is 0. The fraction of sp³-hybridized carbons (Fsp3) is 0.778. The van der Waals surface area contributed by atoms with Crippen LogP contribution in [0.25, 0.3) is 0 Å². The van der Waals surface area contributed by atoms with Crippen LogP contribution >= 0.6 is 0 Å². The molecule has 0 amide bonds. The molecule has 19 heavy (non-hydrogen) atoms. The zero-order valence-electron chi connectivity index (χ0n) is 12.9. The molecule has 0 saturated heterocycles. The van der Waals surface area contributed by atoms with E-state index < -0.39 is 0 Å². The zero-order chi connectivity index (χ0) is 13.9. The van der Waals surface area contributed by atoms with Crippen LogP contribution in [0.2, 0.25) is 0 Å². The third-order valence-corrected chi connectivity index (χ3v) is 5.69. The molecule has 108 valence electrons. The SMILES string of the molecule is CC[C@@]1(C)CCC/C(=C\C=C2\CCCC(O)C2)C1C. The number of allylic oxidation sites excluding steroid dienone is 3. The molecule has 0 aromatic rings. The molecule has 2 aliphatic carbocycles. The van der Waals surface area contributed by atoms with Gasteiger partial charge in [0.15, 0.2) is 0 Å². The Morgan fingerprint density at radius 3 is 2.74 bits per heavy atom. The standard InChI is InChI=1S/C18H30O/c1-4-18(3)12-6-8-16(14(18)2)11-10-15-7-5-9-17(19)13-15/h10-11,14,17,19H,4-9,12-13H2,1-3H3/b15-10-,16-11+/t14?,17?,18-/m0/s1. The Hall–Kier alpha value is -0.560. The van der Waals surface area contributed by atoms with E-state index in [9.17, 15) is 5.11 Å². The summed E-state index contributed by atoms with van der Waals surface area (Å²) in [6.07, 6.45) is 14.1. The van der Waals surface area contributed by atoms with Crippen LogP contribution in [0.15, 0.2) is 23.3 Å². The van der Waals surface area contributed by atoms with Gasteiger partial charge in [-0.05, 0) is 56.3 Å². The molecule has 2 fully saturated rings. The highest BCUT2D eigenvalue weighted by molar-refractivity contribution is 5.23. The molecule has 0 bridgehead atoms. The molecule has 3 atom stereocenters. The topological polar surface area (TPSA) is 20.2 Å². The Morgan fingerprint density at radius 1 is 1.26 bits per heavy atom. The van der Waals surface area contributed by atoms with Gasteiger partial charge < -0.3 is 5.11 Å². The largest absolute Gasteiger partial charge is 0.393 e. The summed E-state index contributed by atoms with van der Waals surface area (Å²) < 4.78 is 0. The van der Waals surface area contributed by atoms with E-state index in [-0.39, 0.29) is 6.10 Å². The molecule has 0 radical (unpaired) electrons. The molecule has 0 aliphatic heterocycles. The van der Waals surface area contributed by atoms with Crippen molar-refractivity contribution in [2.75, 3.05) is 0 Å². The van der Waals surface area contributed by atoms with Crippen LogP contribution in [0.3, 0.4) is 0 Å². The Labute approximate surface area is 118 Å². The summed E-state index contributed by atoms with van der Waals surface area (Å²) in [5.74, 6) is 0.705. The number of aliphatic hydroxyl groups is 1. The van der Waals surface area contributed by atoms with Crippen molar-refractivity contribution < 1.29 is 5.11 Å². The van der Waals surface area contributed by atoms with Crippen molar-refractivity contribution in [2.45, 2.75) is 78.2 Å². The summed E-state index contributed by atoms with van der Waals surface area (Å²) in [4.78, 5) is 0. The third-order valence-electron chi connectivity index (χ3n) is 5.69. The first-order chi connectivity index (χ1) is 9.05. The zero-order valence-corrected chi connectivity index (χ0v) is 12.9. The number of hydrogen-bond acceptors (Lipinski definition) is 1. The van der Waals surface area contributed by atoms with Gasteiger partial charge in [-0.1, -0.05) is 50.5 Å². The maximum atomic E-state index is 9.73. The van der Waals surface area contributed by atoms with Gasteiger partial charge in [-0.15, -0.1) is 0 Å². The lowest BCUT2D eigenvalue weighted by Gasteiger charge is -2.41. The molecule has 2 saturated carbocycles. The number of hydrogen-bond donors (Lipinski definition) is 1. The Kier molecular flexibility index (Phi) is 4.89. The lowest BCUT2D eigenvalue weighted by molar-refractivity contribution is 0.149. The monoisotopic (exact) mass is 262 g/mol. The lowest BCUT2D eigenvalue weighted by atomic mass is 9.64. The van der Waals surface area contributed by atoms with E-state index in [4.69, 9.17) is 0 Å². The molecule has 0 aromatic carbocycles. The van der Waals surface area contributed by atoms with Crippen LogP contribution in [-0.4, -0.2) is 11.2 Å². The molecule has 2 aliphatic rings. The van der Waals surface area contributed by atoms with Gasteiger partial charge >= 0.3 is 0 Å². The second-order valence-corrected chi connectivity index (χ2v) is 6.90. The second-order valence-electron chi connectivity index (χ2n) is 6.90. The maximum absolute atomic E-state index is 9.73. The highest BCUT2D eigenvalue weighted by atomic mass is 16.3. The van der Waals surface area contributed by atoms with Gasteiger partial charge in [-0.2, -0.15) is 0 Å². The van der Waals surface area contributed by atoms with Gasteiger partial charge in [-0.3, -0.25) is 0 Å². The van der Waals surface area contributed by atoms with E-state index in [0.717, 1.165) is 19.3 Å². The van der Waals surface area contributed by atoms with Gasteiger partial charge in [-0.25, -0.2) is 0 Å². The Bertz CT molecular complexity index is 366. The molecule has 0 spiro atoms. The first-order valence-corrected chi connectivity index (χ1v) is 8.11.